The lowest BCUT2D eigenvalue weighted by atomic mass is 9.98. The number of aromatic nitrogens is 1. The van der Waals surface area contributed by atoms with Crippen LogP contribution < -0.4 is 32.4 Å². The SMILES string of the molecule is Cc1c2oc3c(C)ccc(C(=O)N[C@@H]4C(=O)N[C@H](C(C)C)C(=O)N5CCC[C@H]5C(=O)N(C)CC(=O)N(C)[C@@H](C(C)C)C(=O)O[C@@H]4C)c3nc-2c(C(=O)N[C@@H]2C(=O)N[C@H](C(C)C)C(=O)N3CC(=O)C[C@H]3C(=O)N(C)CC(=O)N(C)[C@@H](C(C)C)C(=O)O[C@@H]2C)c(N)c1=O. The summed E-state index contributed by atoms with van der Waals surface area (Å²) in [6.07, 6.45) is -2.83. The van der Waals surface area contributed by atoms with E-state index in [4.69, 9.17) is 24.6 Å². The number of fused-ring (bicyclic) bond motifs is 4. The summed E-state index contributed by atoms with van der Waals surface area (Å²) in [5, 5.41) is 10.5. The number of nitrogen functional groups attached to an aromatic ring is 1. The molecule has 0 radical (unpaired) electrons. The van der Waals surface area contributed by atoms with Gasteiger partial charge in [0.2, 0.25) is 52.7 Å². The van der Waals surface area contributed by atoms with Gasteiger partial charge in [0.1, 0.15) is 71.8 Å². The molecule has 7 rings (SSSR count). The van der Waals surface area contributed by atoms with Gasteiger partial charge in [0.25, 0.3) is 11.8 Å². The van der Waals surface area contributed by atoms with Gasteiger partial charge in [-0.25, -0.2) is 14.6 Å². The van der Waals surface area contributed by atoms with Gasteiger partial charge in [-0.15, -0.1) is 0 Å². The summed E-state index contributed by atoms with van der Waals surface area (Å²) in [5.41, 5.74) is 3.31. The molecule has 4 saturated heterocycles. The number of benzene rings is 2. The average Bonchev–Trinajstić information content (AvgIpc) is 1.68. The Balaban J connectivity index is 1.33. The number of aryl methyl sites for hydroxylation is 1. The number of carbonyl (C=O) groups excluding carboxylic acids is 13. The summed E-state index contributed by atoms with van der Waals surface area (Å²) in [4.78, 5) is 212. The van der Waals surface area contributed by atoms with Crippen molar-refractivity contribution >= 4 is 93.6 Å². The van der Waals surface area contributed by atoms with Crippen molar-refractivity contribution in [2.75, 3.05) is 60.1 Å². The van der Waals surface area contributed by atoms with E-state index in [2.05, 4.69) is 21.3 Å². The molecule has 5 heterocycles. The number of hydrogen-bond acceptors (Lipinski definition) is 19. The monoisotopic (exact) mass is 1270 g/mol. The van der Waals surface area contributed by atoms with Gasteiger partial charge >= 0.3 is 11.9 Å². The van der Waals surface area contributed by atoms with Crippen molar-refractivity contribution < 1.29 is 76.2 Å². The fraction of sp³-hybridized carbons (Fsp3) is 0.597. The first-order valence-electron chi connectivity index (χ1n) is 30.4. The topological polar surface area (TPSA) is 377 Å². The quantitative estimate of drug-likeness (QED) is 0.112. The van der Waals surface area contributed by atoms with Gasteiger partial charge in [-0.2, -0.15) is 0 Å². The van der Waals surface area contributed by atoms with Gasteiger partial charge in [-0.05, 0) is 75.8 Å². The van der Waals surface area contributed by atoms with E-state index in [9.17, 15) is 57.5 Å². The number of rotatable bonds is 8. The van der Waals surface area contributed by atoms with Gasteiger partial charge < -0.3 is 70.3 Å². The van der Waals surface area contributed by atoms with Crippen LogP contribution in [-0.4, -0.2) is 226 Å². The Bertz CT molecular complexity index is 3510. The van der Waals surface area contributed by atoms with E-state index in [1.54, 1.807) is 62.3 Å². The normalized spacial score (nSPS) is 26.1. The van der Waals surface area contributed by atoms with Crippen molar-refractivity contribution in [1.29, 1.82) is 0 Å². The summed E-state index contributed by atoms with van der Waals surface area (Å²) < 4.78 is 18.2. The lowest BCUT2D eigenvalue weighted by Gasteiger charge is -2.36. The van der Waals surface area contributed by atoms with Crippen LogP contribution in [0, 0.1) is 37.5 Å². The fourth-order valence-electron chi connectivity index (χ4n) is 12.1. The summed E-state index contributed by atoms with van der Waals surface area (Å²) in [6, 6.07) is -8.65. The number of Topliss-reactive ketones (excluding diaryl/α,β-unsaturated/α-hetero) is 1. The predicted octanol–water partition coefficient (Wildman–Crippen LogP) is -0.0954. The number of esters is 2. The second kappa shape index (κ2) is 27.6. The van der Waals surface area contributed by atoms with E-state index in [-0.39, 0.29) is 47.4 Å². The second-order valence-corrected chi connectivity index (χ2v) is 25.6. The van der Waals surface area contributed by atoms with Crippen molar-refractivity contribution in [2.24, 2.45) is 23.7 Å². The van der Waals surface area contributed by atoms with E-state index in [1.807, 2.05) is 0 Å². The van der Waals surface area contributed by atoms with Gasteiger partial charge in [0.05, 0.1) is 36.4 Å². The summed E-state index contributed by atoms with van der Waals surface area (Å²) >= 11 is 0. The molecule has 0 spiro atoms. The smallest absolute Gasteiger partial charge is 0.329 e. The molecule has 91 heavy (non-hydrogen) atoms. The Morgan fingerprint density at radius 3 is 1.58 bits per heavy atom. The van der Waals surface area contributed by atoms with E-state index in [0.29, 0.717) is 12.0 Å². The third kappa shape index (κ3) is 14.0. The molecule has 1 aromatic rings. The number of nitrogens with zero attached hydrogens (tertiary/aromatic N) is 7. The van der Waals surface area contributed by atoms with Crippen molar-refractivity contribution in [3.63, 3.8) is 0 Å². The lowest BCUT2D eigenvalue weighted by molar-refractivity contribution is -0.163. The summed E-state index contributed by atoms with van der Waals surface area (Å²) in [7, 11) is 5.41. The second-order valence-electron chi connectivity index (χ2n) is 25.6. The highest BCUT2D eigenvalue weighted by Gasteiger charge is 2.48. The Morgan fingerprint density at radius 1 is 0.626 bits per heavy atom. The van der Waals surface area contributed by atoms with Crippen LogP contribution in [0.1, 0.15) is 120 Å². The highest BCUT2D eigenvalue weighted by molar-refractivity contribution is 6.11. The van der Waals surface area contributed by atoms with Crippen molar-refractivity contribution in [1.82, 2.24) is 55.7 Å². The predicted molar refractivity (Wildman–Crippen MR) is 326 cm³/mol. The zero-order chi connectivity index (χ0) is 67.8. The van der Waals surface area contributed by atoms with Crippen LogP contribution >= 0.6 is 0 Å². The van der Waals surface area contributed by atoms with Crippen LogP contribution in [0.15, 0.2) is 21.3 Å². The third-order valence-corrected chi connectivity index (χ3v) is 17.4. The molecule has 1 aliphatic carbocycles. The number of amides is 10. The van der Waals surface area contributed by atoms with E-state index in [1.165, 1.54) is 70.9 Å². The summed E-state index contributed by atoms with van der Waals surface area (Å²) in [5.74, 6) is -13.8. The maximum atomic E-state index is 15.2. The maximum absolute atomic E-state index is 15.2. The van der Waals surface area contributed by atoms with Gasteiger partial charge in [0, 0.05) is 46.7 Å². The molecule has 6 aliphatic rings. The molecule has 10 amide bonds. The molecular weight excluding hydrogens is 1180 g/mol. The van der Waals surface area contributed by atoms with Crippen molar-refractivity contribution in [3.05, 3.63) is 44.6 Å². The lowest BCUT2D eigenvalue weighted by Crippen LogP contribution is -2.61. The van der Waals surface area contributed by atoms with E-state index < -0.39 is 203 Å². The number of cyclic esters (lactones) is 2. The Labute approximate surface area is 526 Å². The number of carbonyl (C=O) groups is 13. The van der Waals surface area contributed by atoms with E-state index >= 15 is 9.59 Å². The largest absolute Gasteiger partial charge is 0.458 e. The fourth-order valence-corrected chi connectivity index (χ4v) is 12.1. The van der Waals surface area contributed by atoms with Gasteiger partial charge in [-0.3, -0.25) is 57.5 Å². The number of ketones is 1. The average molecular weight is 1270 g/mol. The molecule has 29 nitrogen and oxygen atoms in total. The van der Waals surface area contributed by atoms with Crippen LogP contribution in [0.25, 0.3) is 22.6 Å². The summed E-state index contributed by atoms with van der Waals surface area (Å²) in [6.45, 7) is 17.2. The number of hydrogen-bond donors (Lipinski definition) is 5. The maximum Gasteiger partial charge on any atom is 0.329 e. The first-order valence-corrected chi connectivity index (χ1v) is 30.4. The molecule has 4 fully saturated rings. The Morgan fingerprint density at radius 2 is 1.10 bits per heavy atom. The minimum Gasteiger partial charge on any atom is -0.458 e. The van der Waals surface area contributed by atoms with Crippen LogP contribution in [0.5, 0.6) is 0 Å². The minimum atomic E-state index is -1.96. The number of anilines is 1. The molecule has 1 aromatic carbocycles. The standard InChI is InChI=1S/C62H84N12O17/c1-26(2)42-59(85)73-21-17-18-36(73)57(83)69(13)24-38(76)71(15)48(28(5)6)61(87)89-32(11)44(55(81)65-42)67-53(79)35-20-19-30(9)51-46(35)64-47-40(41(63)50(78)31(10)52(47)91-51)54(80)68-45-33(12)90-62(88)49(29(7)8)72(16)39(77)25-70(14)58(84)37-22-34(75)23-74(37)60(86)43(27(3)4)66-56(45)82/h19-20,26-29,32-33,36-37,42-45,48-49H,17-18,21-25,63H2,1-16H3,(H,65,81)(H,66,82)(H,67,79)(H,68,80)/t32-,33-,36+,37+,42-,43-,44+,45+,48+,49+/m1/s1. The van der Waals surface area contributed by atoms with Crippen LogP contribution in [0.2, 0.25) is 0 Å². The molecule has 6 N–H and O–H groups in total. The highest BCUT2D eigenvalue weighted by atomic mass is 16.6. The molecule has 0 saturated carbocycles. The Kier molecular flexibility index (Phi) is 21.0. The first-order chi connectivity index (χ1) is 42.5. The molecule has 10 atom stereocenters. The van der Waals surface area contributed by atoms with Gasteiger partial charge in [-0.1, -0.05) is 61.5 Å². The minimum absolute atomic E-state index is 0.0979. The van der Waals surface area contributed by atoms with Gasteiger partial charge in [0.15, 0.2) is 17.1 Å². The number of nitrogens with one attached hydrogen (secondary N) is 4. The van der Waals surface area contributed by atoms with E-state index in [0.717, 1.165) is 19.6 Å². The molecular formula is C62H84N12O17. The number of nitrogens with two attached hydrogens (primary N) is 1. The zero-order valence-electron chi connectivity index (χ0n) is 54.3. The molecule has 494 valence electrons. The third-order valence-electron chi connectivity index (χ3n) is 17.4. The van der Waals surface area contributed by atoms with Crippen LogP contribution in [-0.2, 0) is 62.2 Å². The van der Waals surface area contributed by atoms with Crippen molar-refractivity contribution in [3.8, 4) is 11.5 Å². The zero-order valence-corrected chi connectivity index (χ0v) is 54.3. The first kappa shape index (κ1) is 69.4. The number of ether oxygens (including phenoxy) is 2. The molecule has 5 aliphatic heterocycles. The van der Waals surface area contributed by atoms with Crippen LogP contribution in [0.3, 0.4) is 0 Å². The van der Waals surface area contributed by atoms with Crippen LogP contribution in [0.4, 0.5) is 5.69 Å². The molecule has 0 unspecified atom stereocenters. The molecule has 0 aromatic heterocycles. The van der Waals surface area contributed by atoms with Crippen molar-refractivity contribution in [2.45, 2.75) is 163 Å². The number of likely N-dealkylation sites (N-methyl/N-ethyl adjacent to an activating group) is 4. The molecule has 29 heteroatoms. The Hall–Kier alpha value is -9.05. The highest BCUT2D eigenvalue weighted by Crippen LogP contribution is 2.35. The molecule has 0 bridgehead atoms.